The van der Waals surface area contributed by atoms with Crippen LogP contribution in [-0.2, 0) is 9.53 Å². The van der Waals surface area contributed by atoms with Crippen molar-refractivity contribution in [2.24, 2.45) is 0 Å². The smallest absolute Gasteiger partial charge is 0.328 e. The number of benzene rings is 1. The van der Waals surface area contributed by atoms with E-state index in [9.17, 15) is 14.0 Å². The Morgan fingerprint density at radius 3 is 2.46 bits per heavy atom. The Hall–Kier alpha value is -3.42. The van der Waals surface area contributed by atoms with Crippen molar-refractivity contribution in [3.63, 3.8) is 0 Å². The standard InChI is InChI=1S/C18H17FN4O3/c1-12(18(25)26-2)21-16(24)15-11-20-23(14-7-5-13(19)6-8-14)17(15)22-9-3-4-10-22/h3-12H,1-2H3,(H,21,24). The maximum absolute atomic E-state index is 13.2. The molecule has 3 rings (SSSR count). The fourth-order valence-corrected chi connectivity index (χ4v) is 2.51. The molecule has 1 unspecified atom stereocenters. The lowest BCUT2D eigenvalue weighted by atomic mass is 10.2. The van der Waals surface area contributed by atoms with E-state index < -0.39 is 17.9 Å². The van der Waals surface area contributed by atoms with Crippen molar-refractivity contribution in [2.45, 2.75) is 13.0 Å². The molecule has 8 heteroatoms. The zero-order valence-corrected chi connectivity index (χ0v) is 14.2. The fourth-order valence-electron chi connectivity index (χ4n) is 2.51. The number of carbonyl (C=O) groups excluding carboxylic acids is 2. The lowest BCUT2D eigenvalue weighted by Gasteiger charge is -2.13. The highest BCUT2D eigenvalue weighted by Crippen LogP contribution is 2.20. The molecule has 0 bridgehead atoms. The quantitative estimate of drug-likeness (QED) is 0.710. The van der Waals surface area contributed by atoms with Gasteiger partial charge in [0.15, 0.2) is 5.82 Å². The van der Waals surface area contributed by atoms with E-state index in [1.54, 1.807) is 41.2 Å². The SMILES string of the molecule is COC(=O)C(C)NC(=O)c1cnn(-c2ccc(F)cc2)c1-n1cccc1. The van der Waals surface area contributed by atoms with Gasteiger partial charge in [0.05, 0.1) is 19.0 Å². The van der Waals surface area contributed by atoms with E-state index >= 15 is 0 Å². The highest BCUT2D eigenvalue weighted by molar-refractivity contribution is 5.99. The number of rotatable bonds is 5. The molecule has 0 saturated carbocycles. The van der Waals surface area contributed by atoms with Gasteiger partial charge >= 0.3 is 5.97 Å². The summed E-state index contributed by atoms with van der Waals surface area (Å²) in [6, 6.07) is 8.56. The van der Waals surface area contributed by atoms with Gasteiger partial charge in [-0.25, -0.2) is 13.9 Å². The van der Waals surface area contributed by atoms with E-state index in [0.29, 0.717) is 11.5 Å². The molecule has 0 saturated heterocycles. The van der Waals surface area contributed by atoms with Crippen LogP contribution in [0.1, 0.15) is 17.3 Å². The number of nitrogens with one attached hydrogen (secondary N) is 1. The molecule has 7 nitrogen and oxygen atoms in total. The van der Waals surface area contributed by atoms with E-state index in [4.69, 9.17) is 0 Å². The van der Waals surface area contributed by atoms with Crippen molar-refractivity contribution in [3.05, 3.63) is 66.4 Å². The molecule has 1 amide bonds. The number of halogens is 1. The second kappa shape index (κ2) is 7.22. The predicted molar refractivity (Wildman–Crippen MR) is 91.8 cm³/mol. The summed E-state index contributed by atoms with van der Waals surface area (Å²) < 4.78 is 21.1. The van der Waals surface area contributed by atoms with Crippen molar-refractivity contribution < 1.29 is 18.7 Å². The van der Waals surface area contributed by atoms with Gasteiger partial charge in [-0.2, -0.15) is 5.10 Å². The van der Waals surface area contributed by atoms with Crippen molar-refractivity contribution in [2.75, 3.05) is 7.11 Å². The van der Waals surface area contributed by atoms with E-state index in [1.807, 2.05) is 0 Å². The van der Waals surface area contributed by atoms with Crippen molar-refractivity contribution >= 4 is 11.9 Å². The van der Waals surface area contributed by atoms with E-state index in [0.717, 1.165) is 0 Å². The van der Waals surface area contributed by atoms with Crippen LogP contribution >= 0.6 is 0 Å². The van der Waals surface area contributed by atoms with Crippen LogP contribution in [0.3, 0.4) is 0 Å². The molecule has 0 aliphatic rings. The lowest BCUT2D eigenvalue weighted by Crippen LogP contribution is -2.39. The molecule has 26 heavy (non-hydrogen) atoms. The molecule has 0 aliphatic carbocycles. The van der Waals surface area contributed by atoms with Crippen LogP contribution in [0, 0.1) is 5.82 Å². The van der Waals surface area contributed by atoms with Gasteiger partial charge in [0, 0.05) is 12.4 Å². The van der Waals surface area contributed by atoms with E-state index in [1.165, 1.54) is 37.0 Å². The van der Waals surface area contributed by atoms with Crippen LogP contribution in [0.25, 0.3) is 11.5 Å². The number of aromatic nitrogens is 3. The Labute approximate surface area is 149 Å². The molecule has 3 aromatic rings. The molecule has 0 spiro atoms. The molecule has 0 fully saturated rings. The summed E-state index contributed by atoms with van der Waals surface area (Å²) in [6.07, 6.45) is 4.92. The molecule has 1 N–H and O–H groups in total. The Balaban J connectivity index is 2.02. The minimum Gasteiger partial charge on any atom is -0.467 e. The number of nitrogens with zero attached hydrogens (tertiary/aromatic N) is 3. The number of amides is 1. The summed E-state index contributed by atoms with van der Waals surface area (Å²) >= 11 is 0. The van der Waals surface area contributed by atoms with Gasteiger partial charge in [0.25, 0.3) is 5.91 Å². The molecular formula is C18H17FN4O3. The Bertz CT molecular complexity index is 917. The molecule has 134 valence electrons. The number of ether oxygens (including phenoxy) is 1. The molecule has 2 aromatic heterocycles. The van der Waals surface area contributed by atoms with Crippen LogP contribution in [0.2, 0.25) is 0 Å². The number of hydrogen-bond acceptors (Lipinski definition) is 4. The maximum atomic E-state index is 13.2. The zero-order valence-electron chi connectivity index (χ0n) is 14.2. The Kier molecular flexibility index (Phi) is 4.83. The first-order valence-electron chi connectivity index (χ1n) is 7.87. The molecule has 1 aromatic carbocycles. The van der Waals surface area contributed by atoms with E-state index in [2.05, 4.69) is 15.2 Å². The van der Waals surface area contributed by atoms with Gasteiger partial charge in [-0.15, -0.1) is 0 Å². The Morgan fingerprint density at radius 2 is 1.85 bits per heavy atom. The normalized spacial score (nSPS) is 11.8. The first-order valence-corrected chi connectivity index (χ1v) is 7.87. The summed E-state index contributed by atoms with van der Waals surface area (Å²) in [4.78, 5) is 24.2. The second-order valence-electron chi connectivity index (χ2n) is 5.58. The molecule has 1 atom stereocenters. The number of methoxy groups -OCH3 is 1. The van der Waals surface area contributed by atoms with Crippen LogP contribution in [0.5, 0.6) is 0 Å². The fraction of sp³-hybridized carbons (Fsp3) is 0.167. The number of esters is 1. The van der Waals surface area contributed by atoms with Gasteiger partial charge in [0.2, 0.25) is 0 Å². The lowest BCUT2D eigenvalue weighted by molar-refractivity contribution is -0.142. The average Bonchev–Trinajstić information content (AvgIpc) is 3.30. The van der Waals surface area contributed by atoms with Gasteiger partial charge in [-0.05, 0) is 43.3 Å². The molecular weight excluding hydrogens is 339 g/mol. The Morgan fingerprint density at radius 1 is 1.19 bits per heavy atom. The van der Waals surface area contributed by atoms with Crippen molar-refractivity contribution in [1.82, 2.24) is 19.7 Å². The molecule has 0 radical (unpaired) electrons. The molecule has 2 heterocycles. The summed E-state index contributed by atoms with van der Waals surface area (Å²) in [5, 5.41) is 6.84. The maximum Gasteiger partial charge on any atom is 0.328 e. The highest BCUT2D eigenvalue weighted by Gasteiger charge is 2.23. The largest absolute Gasteiger partial charge is 0.467 e. The van der Waals surface area contributed by atoms with Gasteiger partial charge in [0.1, 0.15) is 17.4 Å². The third-order valence-corrected chi connectivity index (χ3v) is 3.81. The summed E-state index contributed by atoms with van der Waals surface area (Å²) in [6.45, 7) is 1.53. The third-order valence-electron chi connectivity index (χ3n) is 3.81. The monoisotopic (exact) mass is 356 g/mol. The average molecular weight is 356 g/mol. The zero-order chi connectivity index (χ0) is 18.7. The summed E-state index contributed by atoms with van der Waals surface area (Å²) in [7, 11) is 1.25. The molecule has 0 aliphatic heterocycles. The third kappa shape index (κ3) is 3.34. The van der Waals surface area contributed by atoms with Gasteiger partial charge in [-0.1, -0.05) is 0 Å². The second-order valence-corrected chi connectivity index (χ2v) is 5.58. The highest BCUT2D eigenvalue weighted by atomic mass is 19.1. The first-order chi connectivity index (χ1) is 12.5. The minimum absolute atomic E-state index is 0.265. The number of hydrogen-bond donors (Lipinski definition) is 1. The van der Waals surface area contributed by atoms with E-state index in [-0.39, 0.29) is 11.4 Å². The van der Waals surface area contributed by atoms with Crippen molar-refractivity contribution in [3.8, 4) is 11.5 Å². The van der Waals surface area contributed by atoms with Crippen LogP contribution < -0.4 is 5.32 Å². The van der Waals surface area contributed by atoms with Gasteiger partial charge in [-0.3, -0.25) is 4.79 Å². The first kappa shape index (κ1) is 17.4. The van der Waals surface area contributed by atoms with Gasteiger partial charge < -0.3 is 14.6 Å². The van der Waals surface area contributed by atoms with Crippen molar-refractivity contribution in [1.29, 1.82) is 0 Å². The number of carbonyl (C=O) groups is 2. The van der Waals surface area contributed by atoms with Crippen LogP contribution in [0.15, 0.2) is 55.0 Å². The van der Waals surface area contributed by atoms with Crippen LogP contribution in [0.4, 0.5) is 4.39 Å². The minimum atomic E-state index is -0.806. The van der Waals surface area contributed by atoms with Crippen LogP contribution in [-0.4, -0.2) is 39.4 Å². The predicted octanol–water partition coefficient (Wildman–Crippen LogP) is 2.09. The summed E-state index contributed by atoms with van der Waals surface area (Å²) in [5.41, 5.74) is 0.858. The topological polar surface area (TPSA) is 78.2 Å². The summed E-state index contributed by atoms with van der Waals surface area (Å²) in [5.74, 6) is -0.920.